The Morgan fingerprint density at radius 2 is 1.95 bits per heavy atom. The van der Waals surface area contributed by atoms with Crippen LogP contribution in [0.5, 0.6) is 0 Å². The molecule has 22 heavy (non-hydrogen) atoms. The molecule has 1 aromatic carbocycles. The van der Waals surface area contributed by atoms with Crippen LogP contribution in [0.4, 0.5) is 0 Å². The number of rotatable bonds is 4. The fraction of sp³-hybridized carbons (Fsp3) is 0.467. The molecule has 120 valence electrons. The smallest absolute Gasteiger partial charge is 0.334 e. The van der Waals surface area contributed by atoms with Gasteiger partial charge in [0.2, 0.25) is 0 Å². The fourth-order valence-electron chi connectivity index (χ4n) is 2.17. The zero-order valence-electron chi connectivity index (χ0n) is 12.5. The Balaban J connectivity index is 2.09. The lowest BCUT2D eigenvalue weighted by Gasteiger charge is -2.30. The van der Waals surface area contributed by atoms with E-state index in [0.717, 1.165) is 0 Å². The van der Waals surface area contributed by atoms with Crippen molar-refractivity contribution in [2.45, 2.75) is 30.1 Å². The van der Waals surface area contributed by atoms with Gasteiger partial charge in [-0.25, -0.2) is 4.79 Å². The van der Waals surface area contributed by atoms with Gasteiger partial charge in [0, 0.05) is 22.3 Å². The molecule has 1 fully saturated rings. The molecule has 2 atom stereocenters. The van der Waals surface area contributed by atoms with Gasteiger partial charge in [-0.3, -0.25) is 9.00 Å². The molecule has 1 aliphatic heterocycles. The van der Waals surface area contributed by atoms with Crippen LogP contribution in [-0.4, -0.2) is 57.1 Å². The Morgan fingerprint density at radius 1 is 1.32 bits per heavy atom. The molecule has 0 radical (unpaired) electrons. The third-order valence-electron chi connectivity index (χ3n) is 3.39. The number of carbonyl (C=O) groups is 2. The van der Waals surface area contributed by atoms with Gasteiger partial charge < -0.3 is 14.7 Å². The van der Waals surface area contributed by atoms with Crippen LogP contribution in [0, 0.1) is 0 Å². The molecule has 1 heterocycles. The van der Waals surface area contributed by atoms with E-state index in [4.69, 9.17) is 9.84 Å². The molecule has 1 N–H and O–H groups in total. The van der Waals surface area contributed by atoms with Crippen LogP contribution in [0.2, 0.25) is 0 Å². The van der Waals surface area contributed by atoms with Crippen molar-refractivity contribution in [3.8, 4) is 0 Å². The van der Waals surface area contributed by atoms with Crippen LogP contribution < -0.4 is 0 Å². The van der Waals surface area contributed by atoms with Crippen molar-refractivity contribution in [3.63, 3.8) is 0 Å². The van der Waals surface area contributed by atoms with Gasteiger partial charge in [-0.1, -0.05) is 13.8 Å². The number of hydrogen-bond donors (Lipinski definition) is 1. The van der Waals surface area contributed by atoms with Crippen molar-refractivity contribution < 1.29 is 23.6 Å². The molecule has 1 saturated heterocycles. The molecule has 7 heteroatoms. The van der Waals surface area contributed by atoms with E-state index in [1.165, 1.54) is 4.90 Å². The number of amides is 1. The van der Waals surface area contributed by atoms with Crippen LogP contribution in [0.15, 0.2) is 29.2 Å². The Kier molecular flexibility index (Phi) is 5.31. The first-order valence-electron chi connectivity index (χ1n) is 7.04. The van der Waals surface area contributed by atoms with Gasteiger partial charge in [-0.2, -0.15) is 0 Å². The Morgan fingerprint density at radius 3 is 2.50 bits per heavy atom. The van der Waals surface area contributed by atoms with Gasteiger partial charge in [0.1, 0.15) is 0 Å². The maximum absolute atomic E-state index is 12.4. The SMILES string of the molecule is CC(C)S(=O)c1ccc(C(=O)N2CCOC(C(=O)O)C2)cc1. The molecule has 0 spiro atoms. The minimum atomic E-state index is -1.10. The summed E-state index contributed by atoms with van der Waals surface area (Å²) in [7, 11) is -1.10. The number of nitrogens with zero attached hydrogens (tertiary/aromatic N) is 1. The topological polar surface area (TPSA) is 83.9 Å². The number of hydrogen-bond acceptors (Lipinski definition) is 4. The molecule has 2 unspecified atom stereocenters. The highest BCUT2D eigenvalue weighted by molar-refractivity contribution is 7.85. The van der Waals surface area contributed by atoms with E-state index in [1.54, 1.807) is 24.3 Å². The van der Waals surface area contributed by atoms with Crippen molar-refractivity contribution in [1.82, 2.24) is 4.90 Å². The number of carboxylic acids is 1. The molecule has 1 aliphatic rings. The van der Waals surface area contributed by atoms with Gasteiger partial charge in [0.15, 0.2) is 6.10 Å². The van der Waals surface area contributed by atoms with E-state index in [2.05, 4.69) is 0 Å². The lowest BCUT2D eigenvalue weighted by Crippen LogP contribution is -2.48. The second kappa shape index (κ2) is 7.02. The zero-order chi connectivity index (χ0) is 16.3. The normalized spacial score (nSPS) is 20.0. The highest BCUT2D eigenvalue weighted by Crippen LogP contribution is 2.15. The number of morpholine rings is 1. The van der Waals surface area contributed by atoms with Crippen molar-refractivity contribution in [2.75, 3.05) is 19.7 Å². The van der Waals surface area contributed by atoms with Crippen LogP contribution in [-0.2, 0) is 20.3 Å². The van der Waals surface area contributed by atoms with Gasteiger partial charge >= 0.3 is 5.97 Å². The van der Waals surface area contributed by atoms with Gasteiger partial charge in [0.05, 0.1) is 24.0 Å². The largest absolute Gasteiger partial charge is 0.479 e. The summed E-state index contributed by atoms with van der Waals surface area (Å²) in [6.45, 7) is 4.35. The van der Waals surface area contributed by atoms with E-state index in [0.29, 0.717) is 17.0 Å². The van der Waals surface area contributed by atoms with Crippen molar-refractivity contribution in [2.24, 2.45) is 0 Å². The number of carbonyl (C=O) groups excluding carboxylic acids is 1. The first-order valence-corrected chi connectivity index (χ1v) is 8.25. The molecule has 0 saturated carbocycles. The molecule has 0 bridgehead atoms. The Hall–Kier alpha value is -1.73. The number of ether oxygens (including phenoxy) is 1. The van der Waals surface area contributed by atoms with Crippen molar-refractivity contribution in [3.05, 3.63) is 29.8 Å². The molecular formula is C15H19NO5S. The standard InChI is InChI=1S/C15H19NO5S/c1-10(2)22(20)12-5-3-11(4-6-12)14(17)16-7-8-21-13(9-16)15(18)19/h3-6,10,13H,7-9H2,1-2H3,(H,18,19). The van der Waals surface area contributed by atoms with E-state index < -0.39 is 22.9 Å². The van der Waals surface area contributed by atoms with E-state index in [9.17, 15) is 13.8 Å². The zero-order valence-corrected chi connectivity index (χ0v) is 13.3. The first kappa shape index (κ1) is 16.6. The predicted molar refractivity (Wildman–Crippen MR) is 81.3 cm³/mol. The minimum Gasteiger partial charge on any atom is -0.479 e. The summed E-state index contributed by atoms with van der Waals surface area (Å²) in [5.74, 6) is -1.31. The summed E-state index contributed by atoms with van der Waals surface area (Å²) < 4.78 is 17.1. The highest BCUT2D eigenvalue weighted by atomic mass is 32.2. The van der Waals surface area contributed by atoms with Crippen molar-refractivity contribution >= 4 is 22.7 Å². The van der Waals surface area contributed by atoms with Crippen molar-refractivity contribution in [1.29, 1.82) is 0 Å². The van der Waals surface area contributed by atoms with Crippen LogP contribution in [0.3, 0.4) is 0 Å². The van der Waals surface area contributed by atoms with Gasteiger partial charge in [0.25, 0.3) is 5.91 Å². The second-order valence-corrected chi connectivity index (χ2v) is 7.33. The molecule has 0 aliphatic carbocycles. The van der Waals surface area contributed by atoms with E-state index >= 15 is 0 Å². The minimum absolute atomic E-state index is 0.0112. The second-order valence-electron chi connectivity index (χ2n) is 5.32. The number of aliphatic carboxylic acids is 1. The monoisotopic (exact) mass is 325 g/mol. The molecule has 6 nitrogen and oxygen atoms in total. The fourth-order valence-corrected chi connectivity index (χ4v) is 3.12. The number of carboxylic acid groups (broad SMARTS) is 1. The first-order chi connectivity index (χ1) is 10.4. The van der Waals surface area contributed by atoms with Gasteiger partial charge in [-0.05, 0) is 24.3 Å². The van der Waals surface area contributed by atoms with E-state index in [-0.39, 0.29) is 24.3 Å². The Labute approximate surface area is 131 Å². The summed E-state index contributed by atoms with van der Waals surface area (Å²) in [5, 5.41) is 8.97. The molecule has 1 amide bonds. The Bertz CT molecular complexity index is 584. The average molecular weight is 325 g/mol. The third-order valence-corrected chi connectivity index (χ3v) is 4.98. The molecule has 2 rings (SSSR count). The van der Waals surface area contributed by atoms with Crippen LogP contribution in [0.25, 0.3) is 0 Å². The lowest BCUT2D eigenvalue weighted by atomic mass is 10.1. The third kappa shape index (κ3) is 3.72. The summed E-state index contributed by atoms with van der Waals surface area (Å²) in [6, 6.07) is 6.61. The molecular weight excluding hydrogens is 306 g/mol. The summed E-state index contributed by atoms with van der Waals surface area (Å²) in [5.41, 5.74) is 0.454. The lowest BCUT2D eigenvalue weighted by molar-refractivity contribution is -0.154. The maximum Gasteiger partial charge on any atom is 0.334 e. The maximum atomic E-state index is 12.4. The van der Waals surface area contributed by atoms with Crippen LogP contribution >= 0.6 is 0 Å². The van der Waals surface area contributed by atoms with E-state index in [1.807, 2.05) is 13.8 Å². The summed E-state index contributed by atoms with van der Waals surface area (Å²) >= 11 is 0. The average Bonchev–Trinajstić information content (AvgIpc) is 2.53. The highest BCUT2D eigenvalue weighted by Gasteiger charge is 2.29. The molecule has 1 aromatic rings. The summed E-state index contributed by atoms with van der Waals surface area (Å²) in [4.78, 5) is 25.5. The van der Waals surface area contributed by atoms with Crippen LogP contribution in [0.1, 0.15) is 24.2 Å². The molecule has 0 aromatic heterocycles. The predicted octanol–water partition coefficient (Wildman–Crippen LogP) is 1.13. The summed E-state index contributed by atoms with van der Waals surface area (Å²) in [6.07, 6.45) is -0.981. The van der Waals surface area contributed by atoms with Gasteiger partial charge in [-0.15, -0.1) is 0 Å². The quantitative estimate of drug-likeness (QED) is 0.897. The number of benzene rings is 1.